The van der Waals surface area contributed by atoms with Crippen LogP contribution in [0.2, 0.25) is 0 Å². The van der Waals surface area contributed by atoms with Crippen LogP contribution in [0.15, 0.2) is 0 Å². The van der Waals surface area contributed by atoms with Gasteiger partial charge in [0.2, 0.25) is 5.91 Å². The summed E-state index contributed by atoms with van der Waals surface area (Å²) in [5, 5.41) is 4.96. The van der Waals surface area contributed by atoms with Crippen LogP contribution in [0.1, 0.15) is 13.3 Å². The van der Waals surface area contributed by atoms with Crippen molar-refractivity contribution in [2.24, 2.45) is 0 Å². The maximum atomic E-state index is 11.3. The van der Waals surface area contributed by atoms with Crippen LogP contribution in [0.3, 0.4) is 0 Å². The van der Waals surface area contributed by atoms with Crippen molar-refractivity contribution >= 4 is 5.91 Å². The number of nitrogens with one attached hydrogen (secondary N) is 2. The smallest absolute Gasteiger partial charge is 0.248 e. The van der Waals surface area contributed by atoms with Crippen LogP contribution in [0.25, 0.3) is 0 Å². The Bertz CT molecular complexity index is 169. The van der Waals surface area contributed by atoms with E-state index in [9.17, 15) is 4.79 Å². The van der Waals surface area contributed by atoms with Crippen molar-refractivity contribution in [1.82, 2.24) is 15.8 Å². The van der Waals surface area contributed by atoms with Crippen molar-refractivity contribution in [2.75, 3.05) is 39.4 Å². The van der Waals surface area contributed by atoms with Gasteiger partial charge in [0.15, 0.2) is 0 Å². The number of carbonyl (C=O) groups is 1. The molecule has 1 fully saturated rings. The number of amides is 1. The number of nitrogens with zero attached hydrogens (tertiary/aromatic N) is 1. The van der Waals surface area contributed by atoms with Crippen LogP contribution in [0.4, 0.5) is 0 Å². The quantitative estimate of drug-likeness (QED) is 0.580. The van der Waals surface area contributed by atoms with Crippen molar-refractivity contribution < 1.29 is 9.53 Å². The van der Waals surface area contributed by atoms with Crippen LogP contribution in [0.5, 0.6) is 0 Å². The Morgan fingerprint density at radius 2 is 2.14 bits per heavy atom. The summed E-state index contributed by atoms with van der Waals surface area (Å²) in [6.45, 7) is 6.30. The lowest BCUT2D eigenvalue weighted by Crippen LogP contribution is -2.50. The van der Waals surface area contributed by atoms with Gasteiger partial charge in [-0.3, -0.25) is 10.2 Å². The molecular formula is C9H19N3O2. The Labute approximate surface area is 84.8 Å². The summed E-state index contributed by atoms with van der Waals surface area (Å²) in [5.74, 6) is 0.0281. The lowest BCUT2D eigenvalue weighted by atomic mass is 10.4. The van der Waals surface area contributed by atoms with E-state index in [4.69, 9.17) is 4.74 Å². The van der Waals surface area contributed by atoms with Gasteiger partial charge in [-0.05, 0) is 13.0 Å². The molecule has 5 heteroatoms. The van der Waals surface area contributed by atoms with Gasteiger partial charge < -0.3 is 10.1 Å². The molecule has 0 spiro atoms. The summed E-state index contributed by atoms with van der Waals surface area (Å²) in [5.41, 5.74) is 2.83. The summed E-state index contributed by atoms with van der Waals surface area (Å²) in [4.78, 5) is 11.3. The molecule has 1 saturated heterocycles. The second-order valence-corrected chi connectivity index (χ2v) is 3.31. The zero-order chi connectivity index (χ0) is 10.2. The summed E-state index contributed by atoms with van der Waals surface area (Å²) < 4.78 is 5.17. The molecule has 1 heterocycles. The van der Waals surface area contributed by atoms with E-state index >= 15 is 0 Å². The van der Waals surface area contributed by atoms with E-state index in [2.05, 4.69) is 17.7 Å². The molecule has 14 heavy (non-hydrogen) atoms. The van der Waals surface area contributed by atoms with Crippen molar-refractivity contribution in [3.8, 4) is 0 Å². The number of hydrogen-bond donors (Lipinski definition) is 2. The Morgan fingerprint density at radius 3 is 2.79 bits per heavy atom. The van der Waals surface area contributed by atoms with Crippen LogP contribution < -0.4 is 10.7 Å². The largest absolute Gasteiger partial charge is 0.379 e. The van der Waals surface area contributed by atoms with Gasteiger partial charge in [-0.2, -0.15) is 0 Å². The minimum absolute atomic E-state index is 0.0281. The van der Waals surface area contributed by atoms with Gasteiger partial charge in [-0.1, -0.05) is 6.92 Å². The molecule has 0 radical (unpaired) electrons. The Morgan fingerprint density at radius 1 is 1.43 bits per heavy atom. The third-order valence-electron chi connectivity index (χ3n) is 2.01. The Hall–Kier alpha value is -0.650. The fraction of sp³-hybridized carbons (Fsp3) is 0.889. The summed E-state index contributed by atoms with van der Waals surface area (Å²) in [6, 6.07) is 0. The molecule has 1 rings (SSSR count). The van der Waals surface area contributed by atoms with Crippen LogP contribution in [0, 0.1) is 0 Å². The number of morpholine rings is 1. The molecule has 5 nitrogen and oxygen atoms in total. The summed E-state index contributed by atoms with van der Waals surface area (Å²) in [6.07, 6.45) is 1.05. The van der Waals surface area contributed by atoms with E-state index in [1.54, 1.807) is 0 Å². The molecular weight excluding hydrogens is 182 g/mol. The number of carbonyl (C=O) groups excluding carboxylic acids is 1. The average Bonchev–Trinajstić information content (AvgIpc) is 2.20. The summed E-state index contributed by atoms with van der Waals surface area (Å²) in [7, 11) is 0. The summed E-state index contributed by atoms with van der Waals surface area (Å²) >= 11 is 0. The highest BCUT2D eigenvalue weighted by atomic mass is 16.5. The Balaban J connectivity index is 2.06. The highest BCUT2D eigenvalue weighted by Crippen LogP contribution is 1.91. The molecule has 0 unspecified atom stereocenters. The lowest BCUT2D eigenvalue weighted by Gasteiger charge is -2.26. The minimum Gasteiger partial charge on any atom is -0.379 e. The van der Waals surface area contributed by atoms with Gasteiger partial charge >= 0.3 is 0 Å². The minimum atomic E-state index is 0.0281. The van der Waals surface area contributed by atoms with Gasteiger partial charge in [0.25, 0.3) is 0 Å². The molecule has 0 aliphatic carbocycles. The molecule has 0 bridgehead atoms. The van der Waals surface area contributed by atoms with Crippen LogP contribution in [-0.4, -0.2) is 50.3 Å². The SMILES string of the molecule is CCCNCC(=O)NN1CCOCC1. The van der Waals surface area contributed by atoms with Gasteiger partial charge in [0, 0.05) is 13.1 Å². The van der Waals surface area contributed by atoms with Crippen LogP contribution in [-0.2, 0) is 9.53 Å². The standard InChI is InChI=1S/C9H19N3O2/c1-2-3-10-8-9(13)11-12-4-6-14-7-5-12/h10H,2-8H2,1H3,(H,11,13). The second-order valence-electron chi connectivity index (χ2n) is 3.31. The van der Waals surface area contributed by atoms with Crippen molar-refractivity contribution in [1.29, 1.82) is 0 Å². The van der Waals surface area contributed by atoms with E-state index in [1.807, 2.05) is 5.01 Å². The molecule has 0 atom stereocenters. The normalized spacial score (nSPS) is 18.1. The maximum Gasteiger partial charge on any atom is 0.248 e. The van der Waals surface area contributed by atoms with Gasteiger partial charge in [-0.15, -0.1) is 0 Å². The molecule has 1 amide bonds. The molecule has 0 saturated carbocycles. The molecule has 0 aromatic heterocycles. The number of hydrazine groups is 1. The van der Waals surface area contributed by atoms with Gasteiger partial charge in [0.05, 0.1) is 19.8 Å². The molecule has 0 aromatic carbocycles. The first-order chi connectivity index (χ1) is 6.83. The zero-order valence-electron chi connectivity index (χ0n) is 8.71. The first kappa shape index (κ1) is 11.4. The monoisotopic (exact) mass is 201 g/mol. The molecule has 1 aliphatic rings. The highest BCUT2D eigenvalue weighted by Gasteiger charge is 2.11. The fourth-order valence-corrected chi connectivity index (χ4v) is 1.27. The number of ether oxygens (including phenoxy) is 1. The molecule has 0 aromatic rings. The Kier molecular flexibility index (Phi) is 5.51. The van der Waals surface area contributed by atoms with E-state index in [0.29, 0.717) is 19.8 Å². The van der Waals surface area contributed by atoms with E-state index < -0.39 is 0 Å². The van der Waals surface area contributed by atoms with Crippen LogP contribution >= 0.6 is 0 Å². The lowest BCUT2D eigenvalue weighted by molar-refractivity contribution is -0.127. The first-order valence-corrected chi connectivity index (χ1v) is 5.16. The molecule has 1 aliphatic heterocycles. The number of rotatable bonds is 5. The zero-order valence-corrected chi connectivity index (χ0v) is 8.71. The predicted molar refractivity (Wildman–Crippen MR) is 53.7 cm³/mol. The second kappa shape index (κ2) is 6.75. The highest BCUT2D eigenvalue weighted by molar-refractivity contribution is 5.77. The first-order valence-electron chi connectivity index (χ1n) is 5.16. The van der Waals surface area contributed by atoms with Crippen molar-refractivity contribution in [2.45, 2.75) is 13.3 Å². The molecule has 82 valence electrons. The van der Waals surface area contributed by atoms with E-state index in [-0.39, 0.29) is 5.91 Å². The van der Waals surface area contributed by atoms with Gasteiger partial charge in [-0.25, -0.2) is 5.01 Å². The topological polar surface area (TPSA) is 53.6 Å². The maximum absolute atomic E-state index is 11.3. The van der Waals surface area contributed by atoms with Gasteiger partial charge in [0.1, 0.15) is 0 Å². The third kappa shape index (κ3) is 4.55. The molecule has 2 N–H and O–H groups in total. The third-order valence-corrected chi connectivity index (χ3v) is 2.01. The van der Waals surface area contributed by atoms with E-state index in [1.165, 1.54) is 0 Å². The fourth-order valence-electron chi connectivity index (χ4n) is 1.27. The number of hydrogen-bond acceptors (Lipinski definition) is 4. The van der Waals surface area contributed by atoms with Crippen molar-refractivity contribution in [3.05, 3.63) is 0 Å². The van der Waals surface area contributed by atoms with Crippen molar-refractivity contribution in [3.63, 3.8) is 0 Å². The van der Waals surface area contributed by atoms with E-state index in [0.717, 1.165) is 26.1 Å². The average molecular weight is 201 g/mol. The predicted octanol–water partition coefficient (Wildman–Crippen LogP) is -0.651.